The van der Waals surface area contributed by atoms with Crippen LogP contribution >= 0.6 is 0 Å². The number of hydrogen-bond acceptors (Lipinski definition) is 4. The molecule has 0 spiro atoms. The second-order valence-corrected chi connectivity index (χ2v) is 11.5. The zero-order valence-electron chi connectivity index (χ0n) is 22.9. The fourth-order valence-corrected chi connectivity index (χ4v) is 7.25. The first-order valence-electron chi connectivity index (χ1n) is 13.7. The fraction of sp³-hybridized carbons (Fsp3) is 0.700. The van der Waals surface area contributed by atoms with E-state index in [1.165, 1.54) is 58.2 Å². The first-order valence-corrected chi connectivity index (χ1v) is 13.7. The van der Waals surface area contributed by atoms with Gasteiger partial charge < -0.3 is 14.7 Å². The molecule has 3 saturated carbocycles. The van der Waals surface area contributed by atoms with Crippen molar-refractivity contribution in [1.82, 2.24) is 14.7 Å². The van der Waals surface area contributed by atoms with Crippen molar-refractivity contribution in [2.45, 2.75) is 72.3 Å². The van der Waals surface area contributed by atoms with Crippen molar-refractivity contribution < 1.29 is 0 Å². The van der Waals surface area contributed by atoms with Gasteiger partial charge in [0.1, 0.15) is 0 Å². The Morgan fingerprint density at radius 2 is 1.85 bits per heavy atom. The molecule has 4 heteroatoms. The van der Waals surface area contributed by atoms with Crippen LogP contribution in [0.5, 0.6) is 0 Å². The minimum absolute atomic E-state index is 0.513. The van der Waals surface area contributed by atoms with Gasteiger partial charge in [0.25, 0.3) is 0 Å². The molecule has 34 heavy (non-hydrogen) atoms. The molecule has 2 saturated heterocycles. The molecular weight excluding hydrogens is 416 g/mol. The van der Waals surface area contributed by atoms with Gasteiger partial charge in [-0.25, -0.2) is 0 Å². The molecule has 190 valence electrons. The van der Waals surface area contributed by atoms with Crippen LogP contribution in [0.2, 0.25) is 0 Å². The zero-order chi connectivity index (χ0) is 25.0. The summed E-state index contributed by atoms with van der Waals surface area (Å²) >= 11 is 0. The Morgan fingerprint density at radius 1 is 1.15 bits per heavy atom. The average Bonchev–Trinajstić information content (AvgIpc) is 3.26. The summed E-state index contributed by atoms with van der Waals surface area (Å²) in [6.07, 6.45) is 14.4. The van der Waals surface area contributed by atoms with E-state index in [2.05, 4.69) is 36.0 Å². The topological polar surface area (TPSA) is 33.6 Å². The highest BCUT2D eigenvalue weighted by Gasteiger charge is 2.49. The molecule has 0 radical (unpaired) electrons. The Labute approximate surface area is 210 Å². The molecule has 0 aromatic carbocycles. The van der Waals surface area contributed by atoms with Gasteiger partial charge in [-0.15, -0.1) is 0 Å². The predicted molar refractivity (Wildman–Crippen MR) is 147 cm³/mol. The van der Waals surface area contributed by atoms with Crippen molar-refractivity contribution in [2.75, 3.05) is 40.3 Å². The fourth-order valence-electron chi connectivity index (χ4n) is 7.25. The summed E-state index contributed by atoms with van der Waals surface area (Å²) in [5.74, 6) is 2.72. The summed E-state index contributed by atoms with van der Waals surface area (Å²) in [6, 6.07) is 0.595. The van der Waals surface area contributed by atoms with Gasteiger partial charge in [-0.2, -0.15) is 0 Å². The molecule has 2 heterocycles. The smallest absolute Gasteiger partial charge is 0.0776 e. The lowest BCUT2D eigenvalue weighted by Crippen LogP contribution is -2.46. The van der Waals surface area contributed by atoms with Crippen LogP contribution in [0.3, 0.4) is 0 Å². The summed E-state index contributed by atoms with van der Waals surface area (Å²) in [5, 5.41) is 8.55. The van der Waals surface area contributed by atoms with E-state index in [0.29, 0.717) is 17.2 Å². The van der Waals surface area contributed by atoms with Gasteiger partial charge in [-0.3, -0.25) is 5.41 Å². The van der Waals surface area contributed by atoms with Crippen molar-refractivity contribution >= 4 is 5.71 Å². The standard InChI is InChI=1S/C28H44N4.C2H6/c1-7-21(3)27(30(5)6)25(29)9-8-22(4)32-13-11-24-17-31(18-26(24)32)19-28-12-10-20(2)14-23(15-28)16-28;1-2/h7-9,20,23-24,26,29H,1,4,10-19H2,2-3,5-6H3;1-2H3/b9-8-,27-21-,29-25?;. The van der Waals surface area contributed by atoms with Crippen molar-refractivity contribution in [1.29, 1.82) is 5.41 Å². The number of rotatable bonds is 8. The van der Waals surface area contributed by atoms with E-state index in [0.717, 1.165) is 41.3 Å². The molecule has 5 rings (SSSR count). The predicted octanol–water partition coefficient (Wildman–Crippen LogP) is 6.35. The maximum atomic E-state index is 8.55. The Balaban J connectivity index is 0.00000158. The maximum absolute atomic E-state index is 8.55. The van der Waals surface area contributed by atoms with Gasteiger partial charge >= 0.3 is 0 Å². The minimum atomic E-state index is 0.513. The molecule has 3 atom stereocenters. The van der Waals surface area contributed by atoms with E-state index in [-0.39, 0.29) is 0 Å². The van der Waals surface area contributed by atoms with E-state index < -0.39 is 0 Å². The van der Waals surface area contributed by atoms with Gasteiger partial charge in [0.15, 0.2) is 0 Å². The molecule has 5 fully saturated rings. The molecule has 1 N–H and O–H groups in total. The quantitative estimate of drug-likeness (QED) is 0.334. The Kier molecular flexibility index (Phi) is 8.89. The molecule has 0 amide bonds. The lowest BCUT2D eigenvalue weighted by molar-refractivity contribution is 0.0203. The van der Waals surface area contributed by atoms with Crippen LogP contribution in [0.1, 0.15) is 66.2 Å². The number of nitrogens with one attached hydrogen (secondary N) is 1. The van der Waals surface area contributed by atoms with Crippen LogP contribution in [-0.2, 0) is 0 Å². The average molecular weight is 467 g/mol. The van der Waals surface area contributed by atoms with Gasteiger partial charge in [0.05, 0.1) is 11.4 Å². The lowest BCUT2D eigenvalue weighted by atomic mass is 9.60. The highest BCUT2D eigenvalue weighted by Crippen LogP contribution is 2.55. The van der Waals surface area contributed by atoms with E-state index in [1.807, 2.05) is 51.9 Å². The normalized spacial score (nSPS) is 33.3. The van der Waals surface area contributed by atoms with Crippen molar-refractivity contribution in [2.24, 2.45) is 23.2 Å². The second kappa shape index (κ2) is 11.3. The molecular formula is C30H50N4. The van der Waals surface area contributed by atoms with Gasteiger partial charge in [0, 0.05) is 52.0 Å². The largest absolute Gasteiger partial charge is 0.376 e. The third-order valence-electron chi connectivity index (χ3n) is 8.72. The summed E-state index contributed by atoms with van der Waals surface area (Å²) in [5.41, 5.74) is 4.13. The van der Waals surface area contributed by atoms with Crippen molar-refractivity contribution in [3.63, 3.8) is 0 Å². The first kappa shape index (κ1) is 26.8. The van der Waals surface area contributed by atoms with Crippen LogP contribution in [-0.4, -0.2) is 66.7 Å². The summed E-state index contributed by atoms with van der Waals surface area (Å²) in [4.78, 5) is 7.29. The molecule has 2 aliphatic heterocycles. The Bertz CT molecular complexity index is 814. The molecule has 5 aliphatic rings. The molecule has 4 nitrogen and oxygen atoms in total. The number of allylic oxidation sites excluding steroid dienone is 4. The number of hydrogen-bond donors (Lipinski definition) is 1. The van der Waals surface area contributed by atoms with Crippen LogP contribution in [0.25, 0.3) is 0 Å². The zero-order valence-corrected chi connectivity index (χ0v) is 22.9. The van der Waals surface area contributed by atoms with E-state index in [1.54, 1.807) is 0 Å². The summed E-state index contributed by atoms with van der Waals surface area (Å²) < 4.78 is 0. The van der Waals surface area contributed by atoms with Gasteiger partial charge in [0.2, 0.25) is 0 Å². The number of fused-ring (bicyclic) bond motifs is 4. The SMILES string of the molecule is C=C/C(C)=C(/C(=N)/C=C\C(=C)N1CCC2CN(CC34CCC(C)CC(C3)C4)CC21)N(C)C.CC. The van der Waals surface area contributed by atoms with Gasteiger partial charge in [-0.05, 0) is 79.9 Å². The van der Waals surface area contributed by atoms with Crippen LogP contribution in [0, 0.1) is 28.6 Å². The van der Waals surface area contributed by atoms with Crippen LogP contribution in [0.4, 0.5) is 0 Å². The third kappa shape index (κ3) is 5.70. The molecule has 2 bridgehead atoms. The van der Waals surface area contributed by atoms with Crippen molar-refractivity contribution in [3.05, 3.63) is 48.4 Å². The summed E-state index contributed by atoms with van der Waals surface area (Å²) in [7, 11) is 3.97. The Morgan fingerprint density at radius 3 is 2.50 bits per heavy atom. The number of nitrogens with zero attached hydrogens (tertiary/aromatic N) is 3. The minimum Gasteiger partial charge on any atom is -0.376 e. The first-order chi connectivity index (χ1) is 16.2. The second-order valence-electron chi connectivity index (χ2n) is 11.5. The molecule has 0 aromatic rings. The van der Waals surface area contributed by atoms with E-state index >= 15 is 0 Å². The molecule has 3 aliphatic carbocycles. The highest BCUT2D eigenvalue weighted by molar-refractivity contribution is 6.06. The van der Waals surface area contributed by atoms with E-state index in [4.69, 9.17) is 5.41 Å². The molecule has 0 aromatic heterocycles. The summed E-state index contributed by atoms with van der Waals surface area (Å²) in [6.45, 7) is 21.6. The molecule has 3 unspecified atom stereocenters. The Hall–Kier alpha value is -1.81. The number of likely N-dealkylation sites (tertiary alicyclic amines) is 2. The monoisotopic (exact) mass is 466 g/mol. The van der Waals surface area contributed by atoms with Crippen LogP contribution < -0.4 is 0 Å². The highest BCUT2D eigenvalue weighted by atomic mass is 15.3. The van der Waals surface area contributed by atoms with Crippen molar-refractivity contribution in [3.8, 4) is 0 Å². The lowest BCUT2D eigenvalue weighted by Gasteiger charge is -2.48. The third-order valence-corrected chi connectivity index (χ3v) is 8.72. The van der Waals surface area contributed by atoms with E-state index in [9.17, 15) is 0 Å². The maximum Gasteiger partial charge on any atom is 0.0776 e. The van der Waals surface area contributed by atoms with Gasteiger partial charge in [-0.1, -0.05) is 46.4 Å². The van der Waals surface area contributed by atoms with Crippen LogP contribution in [0.15, 0.2) is 48.4 Å².